The summed E-state index contributed by atoms with van der Waals surface area (Å²) >= 11 is 0. The Bertz CT molecular complexity index is 297. The Morgan fingerprint density at radius 3 is 2.93 bits per heavy atom. The summed E-state index contributed by atoms with van der Waals surface area (Å²) in [5, 5.41) is 0. The van der Waals surface area contributed by atoms with Crippen LogP contribution in [0.15, 0.2) is 12.2 Å². The summed E-state index contributed by atoms with van der Waals surface area (Å²) in [5.41, 5.74) is 0.846. The molecule has 0 aromatic heterocycles. The predicted molar refractivity (Wildman–Crippen MR) is 54.8 cm³/mol. The maximum Gasteiger partial charge on any atom is 0.249 e. The van der Waals surface area contributed by atoms with Crippen LogP contribution >= 0.6 is 0 Å². The lowest BCUT2D eigenvalue weighted by Crippen LogP contribution is -2.38. The fourth-order valence-corrected chi connectivity index (χ4v) is 3.62. The lowest BCUT2D eigenvalue weighted by Gasteiger charge is -2.30. The van der Waals surface area contributed by atoms with E-state index < -0.39 is 0 Å². The zero-order valence-electron chi connectivity index (χ0n) is 8.54. The first-order valence-corrected chi connectivity index (χ1v) is 5.78. The monoisotopic (exact) mass is 191 g/mol. The number of carbonyl (C=O) groups is 1. The first-order chi connectivity index (χ1) is 6.77. The summed E-state index contributed by atoms with van der Waals surface area (Å²) in [4.78, 5) is 14.0. The van der Waals surface area contributed by atoms with E-state index in [9.17, 15) is 4.79 Å². The van der Waals surface area contributed by atoms with Gasteiger partial charge in [-0.3, -0.25) is 4.79 Å². The molecule has 0 radical (unpaired) electrons. The predicted octanol–water partition coefficient (Wildman–Crippen LogP) is 2.11. The van der Waals surface area contributed by atoms with Crippen molar-refractivity contribution in [3.8, 4) is 0 Å². The van der Waals surface area contributed by atoms with Crippen LogP contribution in [0, 0.1) is 5.92 Å². The van der Waals surface area contributed by atoms with Crippen molar-refractivity contribution in [1.29, 1.82) is 0 Å². The van der Waals surface area contributed by atoms with Gasteiger partial charge in [0.1, 0.15) is 0 Å². The summed E-state index contributed by atoms with van der Waals surface area (Å²) in [6.07, 6.45) is 7.44. The molecule has 2 aliphatic heterocycles. The van der Waals surface area contributed by atoms with Crippen molar-refractivity contribution in [2.75, 3.05) is 0 Å². The molecular weight excluding hydrogens is 174 g/mol. The quantitative estimate of drug-likeness (QED) is 0.537. The molecule has 0 N–H and O–H groups in total. The van der Waals surface area contributed by atoms with E-state index in [1.165, 1.54) is 32.1 Å². The van der Waals surface area contributed by atoms with Crippen molar-refractivity contribution in [1.82, 2.24) is 4.90 Å². The van der Waals surface area contributed by atoms with Crippen molar-refractivity contribution in [2.45, 2.75) is 50.6 Å². The normalized spacial score (nSPS) is 41.4. The molecule has 2 heterocycles. The molecule has 14 heavy (non-hydrogen) atoms. The number of hydrogen-bond acceptors (Lipinski definition) is 1. The van der Waals surface area contributed by atoms with Crippen LogP contribution in [0.1, 0.15) is 38.5 Å². The standard InChI is InChI=1S/C12H17NO/c1-8-6-10-7-9-4-2-3-5-11(9)13(10)12(8)14/h9-11H,1-7H2/t9-,10-,11+/m0/s1. The van der Waals surface area contributed by atoms with Gasteiger partial charge in [-0.25, -0.2) is 0 Å². The van der Waals surface area contributed by atoms with Crippen molar-refractivity contribution in [3.05, 3.63) is 12.2 Å². The number of amides is 1. The van der Waals surface area contributed by atoms with Gasteiger partial charge < -0.3 is 4.90 Å². The van der Waals surface area contributed by atoms with Crippen LogP contribution in [-0.2, 0) is 4.79 Å². The second-order valence-electron chi connectivity index (χ2n) is 5.02. The van der Waals surface area contributed by atoms with Crippen molar-refractivity contribution < 1.29 is 4.79 Å². The zero-order chi connectivity index (χ0) is 9.71. The lowest BCUT2D eigenvalue weighted by atomic mass is 9.84. The third kappa shape index (κ3) is 0.999. The Kier molecular flexibility index (Phi) is 1.73. The number of nitrogens with zero attached hydrogens (tertiary/aromatic N) is 1. The first-order valence-electron chi connectivity index (χ1n) is 5.78. The van der Waals surface area contributed by atoms with Gasteiger partial charge in [0, 0.05) is 17.7 Å². The Morgan fingerprint density at radius 2 is 2.07 bits per heavy atom. The summed E-state index contributed by atoms with van der Waals surface area (Å²) in [7, 11) is 0. The van der Waals surface area contributed by atoms with Gasteiger partial charge in [-0.15, -0.1) is 0 Å². The highest BCUT2D eigenvalue weighted by molar-refractivity contribution is 5.96. The van der Waals surface area contributed by atoms with Crippen molar-refractivity contribution in [2.24, 2.45) is 5.92 Å². The van der Waals surface area contributed by atoms with Gasteiger partial charge in [0.15, 0.2) is 0 Å². The van der Waals surface area contributed by atoms with E-state index in [1.54, 1.807) is 0 Å². The molecule has 1 saturated carbocycles. The Hall–Kier alpha value is -0.790. The third-order valence-electron chi connectivity index (χ3n) is 4.21. The van der Waals surface area contributed by atoms with E-state index >= 15 is 0 Å². The number of fused-ring (bicyclic) bond motifs is 3. The molecule has 3 atom stereocenters. The smallest absolute Gasteiger partial charge is 0.249 e. The van der Waals surface area contributed by atoms with Gasteiger partial charge in [-0.05, 0) is 31.6 Å². The van der Waals surface area contributed by atoms with E-state index in [0.29, 0.717) is 12.1 Å². The van der Waals surface area contributed by atoms with Gasteiger partial charge in [-0.1, -0.05) is 19.4 Å². The Morgan fingerprint density at radius 1 is 1.29 bits per heavy atom. The van der Waals surface area contributed by atoms with Crippen LogP contribution in [0.5, 0.6) is 0 Å². The maximum atomic E-state index is 11.9. The van der Waals surface area contributed by atoms with Crippen LogP contribution in [0.3, 0.4) is 0 Å². The average molecular weight is 191 g/mol. The molecule has 3 aliphatic rings. The molecule has 1 aliphatic carbocycles. The van der Waals surface area contributed by atoms with Crippen LogP contribution in [-0.4, -0.2) is 22.9 Å². The fraction of sp³-hybridized carbons (Fsp3) is 0.750. The van der Waals surface area contributed by atoms with E-state index in [-0.39, 0.29) is 5.91 Å². The van der Waals surface area contributed by atoms with E-state index in [2.05, 4.69) is 11.5 Å². The van der Waals surface area contributed by atoms with Gasteiger partial charge in [0.05, 0.1) is 0 Å². The minimum atomic E-state index is 0.254. The number of hydrogen-bond donors (Lipinski definition) is 0. The van der Waals surface area contributed by atoms with Gasteiger partial charge in [0.25, 0.3) is 0 Å². The molecule has 3 fully saturated rings. The second kappa shape index (κ2) is 2.85. The summed E-state index contributed by atoms with van der Waals surface area (Å²) < 4.78 is 0. The number of rotatable bonds is 0. The molecule has 2 saturated heterocycles. The minimum Gasteiger partial charge on any atom is -0.332 e. The van der Waals surface area contributed by atoms with E-state index in [1.807, 2.05) is 0 Å². The number of carbonyl (C=O) groups excluding carboxylic acids is 1. The maximum absolute atomic E-state index is 11.9. The first kappa shape index (κ1) is 8.51. The molecule has 76 valence electrons. The molecule has 0 aromatic carbocycles. The average Bonchev–Trinajstić information content (AvgIpc) is 2.65. The largest absolute Gasteiger partial charge is 0.332 e. The molecular formula is C12H17NO. The lowest BCUT2D eigenvalue weighted by molar-refractivity contribution is -0.127. The van der Waals surface area contributed by atoms with Crippen molar-refractivity contribution >= 4 is 5.91 Å². The van der Waals surface area contributed by atoms with Gasteiger partial charge >= 0.3 is 0 Å². The Labute approximate surface area is 85.0 Å². The van der Waals surface area contributed by atoms with Gasteiger partial charge in [0.2, 0.25) is 5.91 Å². The highest BCUT2D eigenvalue weighted by atomic mass is 16.2. The molecule has 1 amide bonds. The molecule has 0 bridgehead atoms. The van der Waals surface area contributed by atoms with E-state index in [4.69, 9.17) is 0 Å². The second-order valence-corrected chi connectivity index (χ2v) is 5.02. The highest BCUT2D eigenvalue weighted by Gasteiger charge is 2.48. The molecule has 2 heteroatoms. The highest BCUT2D eigenvalue weighted by Crippen LogP contribution is 2.44. The molecule has 2 nitrogen and oxygen atoms in total. The SMILES string of the molecule is C=C1C[C@H]2C[C@@H]3CCCC[C@H]3N2C1=O. The topological polar surface area (TPSA) is 20.3 Å². The van der Waals surface area contributed by atoms with Crippen LogP contribution in [0.25, 0.3) is 0 Å². The van der Waals surface area contributed by atoms with Gasteiger partial charge in [-0.2, -0.15) is 0 Å². The zero-order valence-corrected chi connectivity index (χ0v) is 8.54. The molecule has 0 unspecified atom stereocenters. The summed E-state index contributed by atoms with van der Waals surface area (Å²) in [5.74, 6) is 1.06. The molecule has 0 aromatic rings. The minimum absolute atomic E-state index is 0.254. The Balaban J connectivity index is 1.88. The van der Waals surface area contributed by atoms with Crippen LogP contribution in [0.2, 0.25) is 0 Å². The fourth-order valence-electron chi connectivity index (χ4n) is 3.62. The van der Waals surface area contributed by atoms with Crippen LogP contribution < -0.4 is 0 Å². The van der Waals surface area contributed by atoms with E-state index in [0.717, 1.165) is 17.9 Å². The van der Waals surface area contributed by atoms with Crippen molar-refractivity contribution in [3.63, 3.8) is 0 Å². The third-order valence-corrected chi connectivity index (χ3v) is 4.21. The van der Waals surface area contributed by atoms with Crippen LogP contribution in [0.4, 0.5) is 0 Å². The molecule has 0 spiro atoms. The summed E-state index contributed by atoms with van der Waals surface area (Å²) in [6.45, 7) is 3.86. The summed E-state index contributed by atoms with van der Waals surface area (Å²) in [6, 6.07) is 1.09. The molecule has 3 rings (SSSR count).